The molecule has 0 aliphatic carbocycles. The van der Waals surface area contributed by atoms with E-state index in [1.54, 1.807) is 29.2 Å². The molecule has 1 fully saturated rings. The maximum Gasteiger partial charge on any atom is 0.254 e. The summed E-state index contributed by atoms with van der Waals surface area (Å²) in [6.45, 7) is 2.16. The fourth-order valence-electron chi connectivity index (χ4n) is 3.12. The van der Waals surface area contributed by atoms with Crippen LogP contribution in [0.4, 0.5) is 4.39 Å². The van der Waals surface area contributed by atoms with E-state index in [1.165, 1.54) is 12.1 Å². The molecule has 1 saturated heterocycles. The molecule has 3 rings (SSSR count). The Balaban J connectivity index is 1.91. The Bertz CT molecular complexity index is 878. The maximum atomic E-state index is 13.1. The lowest BCUT2D eigenvalue weighted by atomic mass is 10.1. The topological polar surface area (TPSA) is 54.5 Å². The molecule has 0 radical (unpaired) electrons. The lowest BCUT2D eigenvalue weighted by molar-refractivity contribution is 0.0681. The van der Waals surface area contributed by atoms with Crippen molar-refractivity contribution >= 4 is 15.7 Å². The summed E-state index contributed by atoms with van der Waals surface area (Å²) >= 11 is 0. The van der Waals surface area contributed by atoms with Gasteiger partial charge in [0.2, 0.25) is 0 Å². The first-order valence-corrected chi connectivity index (χ1v) is 9.99. The molecule has 0 saturated carbocycles. The fraction of sp³-hybridized carbons (Fsp3) is 0.316. The number of sulfone groups is 1. The molecular formula is C19H20FNO3S. The van der Waals surface area contributed by atoms with Crippen LogP contribution in [0, 0.1) is 12.7 Å². The van der Waals surface area contributed by atoms with Gasteiger partial charge in [-0.3, -0.25) is 4.79 Å². The summed E-state index contributed by atoms with van der Waals surface area (Å²) in [5.74, 6) is -0.469. The number of hydrogen-bond donors (Lipinski definition) is 0. The Hall–Kier alpha value is -2.21. The quantitative estimate of drug-likeness (QED) is 0.841. The zero-order valence-electron chi connectivity index (χ0n) is 14.0. The average Bonchev–Trinajstić information content (AvgIpc) is 2.93. The first kappa shape index (κ1) is 17.6. The number of rotatable bonds is 4. The molecule has 132 valence electrons. The molecule has 6 heteroatoms. The smallest absolute Gasteiger partial charge is 0.254 e. The predicted molar refractivity (Wildman–Crippen MR) is 94.5 cm³/mol. The van der Waals surface area contributed by atoms with Crippen molar-refractivity contribution in [3.05, 3.63) is 71.0 Å². The van der Waals surface area contributed by atoms with E-state index in [-0.39, 0.29) is 35.8 Å². The zero-order chi connectivity index (χ0) is 18.0. The van der Waals surface area contributed by atoms with Crippen LogP contribution in [-0.4, -0.2) is 36.8 Å². The monoisotopic (exact) mass is 361 g/mol. The highest BCUT2D eigenvalue weighted by atomic mass is 32.2. The van der Waals surface area contributed by atoms with Gasteiger partial charge in [0, 0.05) is 18.2 Å². The summed E-state index contributed by atoms with van der Waals surface area (Å²) in [4.78, 5) is 14.6. The van der Waals surface area contributed by atoms with Crippen LogP contribution in [0.1, 0.15) is 27.9 Å². The number of nitrogens with zero attached hydrogens (tertiary/aromatic N) is 1. The van der Waals surface area contributed by atoms with Crippen molar-refractivity contribution in [1.82, 2.24) is 4.90 Å². The van der Waals surface area contributed by atoms with Crippen LogP contribution in [0.2, 0.25) is 0 Å². The zero-order valence-corrected chi connectivity index (χ0v) is 14.8. The van der Waals surface area contributed by atoms with Gasteiger partial charge in [-0.15, -0.1) is 0 Å². The molecule has 0 bridgehead atoms. The van der Waals surface area contributed by atoms with E-state index in [2.05, 4.69) is 0 Å². The normalized spacial score (nSPS) is 18.9. The van der Waals surface area contributed by atoms with Crippen molar-refractivity contribution < 1.29 is 17.6 Å². The van der Waals surface area contributed by atoms with Gasteiger partial charge in [-0.25, -0.2) is 12.8 Å². The van der Waals surface area contributed by atoms with Crippen molar-refractivity contribution in [3.63, 3.8) is 0 Å². The first-order valence-electron chi connectivity index (χ1n) is 8.16. The van der Waals surface area contributed by atoms with Crippen molar-refractivity contribution in [2.45, 2.75) is 25.9 Å². The summed E-state index contributed by atoms with van der Waals surface area (Å²) in [7, 11) is -3.12. The third-order valence-corrected chi connectivity index (χ3v) is 6.19. The Morgan fingerprint density at radius 3 is 2.52 bits per heavy atom. The standard InChI is InChI=1S/C19H20FNO3S/c1-14-3-2-4-16(11-14)19(22)21(18-9-10-25(23,24)13-18)12-15-5-7-17(20)8-6-15/h2-8,11,18H,9-10,12-13H2,1H3/t18-/m1/s1. The molecule has 0 spiro atoms. The van der Waals surface area contributed by atoms with Gasteiger partial charge in [-0.05, 0) is 43.2 Å². The van der Waals surface area contributed by atoms with E-state index >= 15 is 0 Å². The maximum absolute atomic E-state index is 13.1. The van der Waals surface area contributed by atoms with E-state index < -0.39 is 9.84 Å². The number of halogens is 1. The highest BCUT2D eigenvalue weighted by Crippen LogP contribution is 2.23. The number of carbonyl (C=O) groups is 1. The number of hydrogen-bond acceptors (Lipinski definition) is 3. The lowest BCUT2D eigenvalue weighted by Gasteiger charge is -2.28. The second kappa shape index (κ2) is 6.96. The summed E-state index contributed by atoms with van der Waals surface area (Å²) in [5, 5.41) is 0. The third-order valence-electron chi connectivity index (χ3n) is 4.44. The van der Waals surface area contributed by atoms with E-state index in [0.717, 1.165) is 11.1 Å². The van der Waals surface area contributed by atoms with Crippen LogP contribution in [0.25, 0.3) is 0 Å². The fourth-order valence-corrected chi connectivity index (χ4v) is 4.85. The molecule has 1 aliphatic heterocycles. The molecule has 1 amide bonds. The molecule has 1 heterocycles. The molecular weight excluding hydrogens is 341 g/mol. The number of aryl methyl sites for hydroxylation is 1. The van der Waals surface area contributed by atoms with Crippen molar-refractivity contribution in [1.29, 1.82) is 0 Å². The number of carbonyl (C=O) groups excluding carboxylic acids is 1. The summed E-state index contributed by atoms with van der Waals surface area (Å²) in [6, 6.07) is 12.8. The molecule has 0 unspecified atom stereocenters. The Morgan fingerprint density at radius 2 is 1.92 bits per heavy atom. The second-order valence-electron chi connectivity index (χ2n) is 6.49. The minimum absolute atomic E-state index is 0.0221. The highest BCUT2D eigenvalue weighted by molar-refractivity contribution is 7.91. The molecule has 0 aromatic heterocycles. The molecule has 2 aromatic carbocycles. The van der Waals surface area contributed by atoms with Crippen LogP contribution >= 0.6 is 0 Å². The molecule has 25 heavy (non-hydrogen) atoms. The van der Waals surface area contributed by atoms with Gasteiger partial charge in [0.25, 0.3) is 5.91 Å². The average molecular weight is 361 g/mol. The lowest BCUT2D eigenvalue weighted by Crippen LogP contribution is -2.40. The van der Waals surface area contributed by atoms with Crippen LogP contribution in [-0.2, 0) is 16.4 Å². The molecule has 1 atom stereocenters. The van der Waals surface area contributed by atoms with Crippen LogP contribution < -0.4 is 0 Å². The summed E-state index contributed by atoms with van der Waals surface area (Å²) in [5.41, 5.74) is 2.27. The van der Waals surface area contributed by atoms with Gasteiger partial charge in [-0.1, -0.05) is 29.8 Å². The predicted octanol–water partition coefficient (Wildman–Crippen LogP) is 2.96. The van der Waals surface area contributed by atoms with Gasteiger partial charge in [0.1, 0.15) is 5.82 Å². The van der Waals surface area contributed by atoms with Crippen molar-refractivity contribution in [2.75, 3.05) is 11.5 Å². The van der Waals surface area contributed by atoms with E-state index in [4.69, 9.17) is 0 Å². The molecule has 2 aromatic rings. The van der Waals surface area contributed by atoms with Gasteiger partial charge >= 0.3 is 0 Å². The van der Waals surface area contributed by atoms with Crippen LogP contribution in [0.15, 0.2) is 48.5 Å². The van der Waals surface area contributed by atoms with Gasteiger partial charge < -0.3 is 4.90 Å². The first-order chi connectivity index (χ1) is 11.8. The third kappa shape index (κ3) is 4.25. The van der Waals surface area contributed by atoms with Crippen LogP contribution in [0.3, 0.4) is 0 Å². The molecule has 4 nitrogen and oxygen atoms in total. The highest BCUT2D eigenvalue weighted by Gasteiger charge is 2.35. The minimum Gasteiger partial charge on any atom is -0.330 e. The minimum atomic E-state index is -3.12. The van der Waals surface area contributed by atoms with Gasteiger partial charge in [-0.2, -0.15) is 0 Å². The van der Waals surface area contributed by atoms with Gasteiger partial charge in [0.05, 0.1) is 11.5 Å². The van der Waals surface area contributed by atoms with E-state index in [0.29, 0.717) is 12.0 Å². The Labute approximate surface area is 147 Å². The molecule has 1 aliphatic rings. The van der Waals surface area contributed by atoms with E-state index in [9.17, 15) is 17.6 Å². The number of amides is 1. The summed E-state index contributed by atoms with van der Waals surface area (Å²) < 4.78 is 36.9. The largest absolute Gasteiger partial charge is 0.330 e. The Morgan fingerprint density at radius 1 is 1.20 bits per heavy atom. The summed E-state index contributed by atoms with van der Waals surface area (Å²) in [6.07, 6.45) is 0.432. The van der Waals surface area contributed by atoms with E-state index in [1.807, 2.05) is 19.1 Å². The SMILES string of the molecule is Cc1cccc(C(=O)N(Cc2ccc(F)cc2)[C@@H]2CCS(=O)(=O)C2)c1. The number of benzene rings is 2. The second-order valence-corrected chi connectivity index (χ2v) is 8.71. The van der Waals surface area contributed by atoms with Crippen LogP contribution in [0.5, 0.6) is 0 Å². The van der Waals surface area contributed by atoms with Gasteiger partial charge in [0.15, 0.2) is 9.84 Å². The van der Waals surface area contributed by atoms with Crippen molar-refractivity contribution in [3.8, 4) is 0 Å². The van der Waals surface area contributed by atoms with Crippen molar-refractivity contribution in [2.24, 2.45) is 0 Å². The molecule has 0 N–H and O–H groups in total. The Kier molecular flexibility index (Phi) is 4.90.